The summed E-state index contributed by atoms with van der Waals surface area (Å²) in [5, 5.41) is 7.00. The maximum Gasteiger partial charge on any atom is 0.00680 e. The van der Waals surface area contributed by atoms with Gasteiger partial charge in [0, 0.05) is 5.92 Å². The monoisotopic (exact) mass is 254 g/mol. The lowest BCUT2D eigenvalue weighted by atomic mass is 9.79. The highest BCUT2D eigenvalue weighted by atomic mass is 14.2. The second-order valence-electron chi connectivity index (χ2n) is 5.75. The van der Waals surface area contributed by atoms with Crippen molar-refractivity contribution in [1.29, 1.82) is 0 Å². The minimum atomic E-state index is 0.554. The van der Waals surface area contributed by atoms with Crippen LogP contribution in [0.2, 0.25) is 0 Å². The summed E-state index contributed by atoms with van der Waals surface area (Å²) >= 11 is 0. The quantitative estimate of drug-likeness (QED) is 0.551. The van der Waals surface area contributed by atoms with Crippen LogP contribution in [-0.4, -0.2) is 0 Å². The molecule has 0 aromatic heterocycles. The summed E-state index contributed by atoms with van der Waals surface area (Å²) in [6, 6.07) is 13.3. The van der Waals surface area contributed by atoms with E-state index in [0.717, 1.165) is 6.42 Å². The second kappa shape index (κ2) is 3.61. The van der Waals surface area contributed by atoms with E-state index in [1.165, 1.54) is 37.9 Å². The van der Waals surface area contributed by atoms with Gasteiger partial charge in [-0.05, 0) is 44.3 Å². The average molecular weight is 254 g/mol. The molecule has 2 aliphatic rings. The van der Waals surface area contributed by atoms with E-state index in [1.54, 1.807) is 0 Å². The number of allylic oxidation sites excluding steroid dienone is 3. The van der Waals surface area contributed by atoms with Gasteiger partial charge in [0.25, 0.3) is 0 Å². The summed E-state index contributed by atoms with van der Waals surface area (Å²) in [5.74, 6) is 0.554. The molecule has 2 aliphatic carbocycles. The molecular weight excluding hydrogens is 240 g/mol. The van der Waals surface area contributed by atoms with E-state index in [9.17, 15) is 0 Å². The van der Waals surface area contributed by atoms with Gasteiger partial charge in [0.15, 0.2) is 0 Å². The zero-order valence-electron chi connectivity index (χ0n) is 11.1. The second-order valence-corrected chi connectivity index (χ2v) is 5.75. The van der Waals surface area contributed by atoms with Gasteiger partial charge in [-0.2, -0.15) is 0 Å². The van der Waals surface area contributed by atoms with Gasteiger partial charge >= 0.3 is 0 Å². The normalized spacial score (nSPS) is 19.3. The number of rotatable bonds is 0. The Labute approximate surface area is 117 Å². The lowest BCUT2D eigenvalue weighted by molar-refractivity contribution is 0.845. The first-order chi connectivity index (χ1) is 9.93. The summed E-state index contributed by atoms with van der Waals surface area (Å²) in [5.41, 5.74) is 2.96. The molecule has 0 saturated carbocycles. The molecule has 0 aliphatic heterocycles. The SMILES string of the molecule is C1=CC2CC=Cc3c2c(c2cccc4cccc3c42)=C1. The van der Waals surface area contributed by atoms with Gasteiger partial charge in [0.05, 0.1) is 0 Å². The molecule has 0 saturated heterocycles. The maximum absolute atomic E-state index is 2.34. The van der Waals surface area contributed by atoms with Gasteiger partial charge in [-0.25, -0.2) is 0 Å². The Morgan fingerprint density at radius 3 is 2.70 bits per heavy atom. The molecule has 0 nitrogen and oxygen atoms in total. The maximum atomic E-state index is 2.34. The average Bonchev–Trinajstić information content (AvgIpc) is 2.52. The minimum Gasteiger partial charge on any atom is -0.0830 e. The lowest BCUT2D eigenvalue weighted by Crippen LogP contribution is -2.20. The zero-order valence-corrected chi connectivity index (χ0v) is 11.1. The van der Waals surface area contributed by atoms with Gasteiger partial charge < -0.3 is 0 Å². The van der Waals surface area contributed by atoms with Crippen LogP contribution in [0.25, 0.3) is 33.7 Å². The van der Waals surface area contributed by atoms with Gasteiger partial charge in [0.1, 0.15) is 0 Å². The number of fused-ring (bicyclic) bond motifs is 2. The summed E-state index contributed by atoms with van der Waals surface area (Å²) in [7, 11) is 0. The largest absolute Gasteiger partial charge is 0.0830 e. The molecular formula is C20H14. The van der Waals surface area contributed by atoms with E-state index < -0.39 is 0 Å². The molecule has 3 aromatic rings. The van der Waals surface area contributed by atoms with Crippen molar-refractivity contribution in [1.82, 2.24) is 0 Å². The molecule has 0 fully saturated rings. The van der Waals surface area contributed by atoms with Crippen LogP contribution in [0.15, 0.2) is 54.6 Å². The fourth-order valence-corrected chi connectivity index (χ4v) is 3.89. The fraction of sp³-hybridized carbons (Fsp3) is 0.100. The van der Waals surface area contributed by atoms with Crippen LogP contribution in [0, 0.1) is 0 Å². The molecule has 0 spiro atoms. The molecule has 0 heteroatoms. The van der Waals surface area contributed by atoms with Crippen molar-refractivity contribution in [2.45, 2.75) is 12.3 Å². The molecule has 3 aromatic carbocycles. The van der Waals surface area contributed by atoms with Gasteiger partial charge in [-0.3, -0.25) is 0 Å². The molecule has 0 N–H and O–H groups in total. The van der Waals surface area contributed by atoms with E-state index in [0.29, 0.717) is 5.92 Å². The van der Waals surface area contributed by atoms with Crippen LogP contribution in [0.5, 0.6) is 0 Å². The Kier molecular flexibility index (Phi) is 1.88. The van der Waals surface area contributed by atoms with Crippen LogP contribution >= 0.6 is 0 Å². The number of hydrogen-bond acceptors (Lipinski definition) is 0. The summed E-state index contributed by atoms with van der Waals surface area (Å²) in [6.07, 6.45) is 12.6. The molecule has 1 unspecified atom stereocenters. The third-order valence-corrected chi connectivity index (χ3v) is 4.72. The first kappa shape index (κ1) is 10.4. The molecule has 0 bridgehead atoms. The van der Waals surface area contributed by atoms with Crippen molar-refractivity contribution in [2.24, 2.45) is 0 Å². The first-order valence-corrected chi connectivity index (χ1v) is 7.25. The summed E-state index contributed by atoms with van der Waals surface area (Å²) in [6.45, 7) is 0. The first-order valence-electron chi connectivity index (χ1n) is 7.25. The van der Waals surface area contributed by atoms with Crippen molar-refractivity contribution < 1.29 is 0 Å². The third-order valence-electron chi connectivity index (χ3n) is 4.72. The summed E-state index contributed by atoms with van der Waals surface area (Å²) < 4.78 is 0. The van der Waals surface area contributed by atoms with Crippen molar-refractivity contribution in [3.8, 4) is 0 Å². The highest BCUT2D eigenvalue weighted by molar-refractivity contribution is 6.14. The van der Waals surface area contributed by atoms with Crippen LogP contribution in [-0.2, 0) is 0 Å². The Morgan fingerprint density at radius 1 is 0.950 bits per heavy atom. The van der Waals surface area contributed by atoms with Crippen LogP contribution in [0.1, 0.15) is 23.5 Å². The van der Waals surface area contributed by atoms with Gasteiger partial charge in [-0.1, -0.05) is 66.8 Å². The van der Waals surface area contributed by atoms with Gasteiger partial charge in [-0.15, -0.1) is 0 Å². The Hall–Kier alpha value is -2.34. The van der Waals surface area contributed by atoms with E-state index in [1.807, 2.05) is 0 Å². The summed E-state index contributed by atoms with van der Waals surface area (Å²) in [4.78, 5) is 0. The minimum absolute atomic E-state index is 0.554. The smallest absolute Gasteiger partial charge is 0.00680 e. The van der Waals surface area contributed by atoms with Crippen LogP contribution in [0.4, 0.5) is 0 Å². The predicted octanol–water partition coefficient (Wildman–Crippen LogP) is 4.56. The molecule has 0 radical (unpaired) electrons. The Bertz CT molecular complexity index is 965. The highest BCUT2D eigenvalue weighted by Gasteiger charge is 2.21. The predicted molar refractivity (Wildman–Crippen MR) is 86.7 cm³/mol. The van der Waals surface area contributed by atoms with Crippen molar-refractivity contribution in [2.75, 3.05) is 0 Å². The lowest BCUT2D eigenvalue weighted by Gasteiger charge is -2.25. The topological polar surface area (TPSA) is 0 Å². The molecule has 94 valence electrons. The van der Waals surface area contributed by atoms with E-state index in [2.05, 4.69) is 66.8 Å². The highest BCUT2D eigenvalue weighted by Crippen LogP contribution is 2.37. The Morgan fingerprint density at radius 2 is 1.80 bits per heavy atom. The molecule has 5 rings (SSSR count). The zero-order chi connectivity index (χ0) is 13.1. The van der Waals surface area contributed by atoms with E-state index in [4.69, 9.17) is 0 Å². The van der Waals surface area contributed by atoms with Crippen LogP contribution in [0.3, 0.4) is 0 Å². The van der Waals surface area contributed by atoms with Crippen molar-refractivity contribution in [3.63, 3.8) is 0 Å². The van der Waals surface area contributed by atoms with Crippen molar-refractivity contribution in [3.05, 3.63) is 71.0 Å². The van der Waals surface area contributed by atoms with Gasteiger partial charge in [0.2, 0.25) is 0 Å². The fourth-order valence-electron chi connectivity index (χ4n) is 3.89. The number of benzene rings is 3. The van der Waals surface area contributed by atoms with Crippen molar-refractivity contribution >= 4 is 33.7 Å². The van der Waals surface area contributed by atoms with Crippen LogP contribution < -0.4 is 5.22 Å². The molecule has 20 heavy (non-hydrogen) atoms. The van der Waals surface area contributed by atoms with E-state index in [-0.39, 0.29) is 0 Å². The molecule has 0 heterocycles. The standard InChI is InChI=1S/C20H14/c1-5-13-6-2-11-17-18-12-4-8-14-7-3-10-16(20(14)18)15(9-1)19(13)17/h1-7,9-12,14H,8H2. The Balaban J connectivity index is 2.18. The molecule has 1 atom stereocenters. The number of hydrogen-bond donors (Lipinski definition) is 0. The van der Waals surface area contributed by atoms with E-state index >= 15 is 0 Å². The molecule has 0 amide bonds. The third kappa shape index (κ3) is 1.17.